The van der Waals surface area contributed by atoms with Crippen molar-refractivity contribution in [1.82, 2.24) is 20.2 Å². The predicted octanol–water partition coefficient (Wildman–Crippen LogP) is -0.523. The standard InChI is InChI=1S/C8H10N6O2/c9-1-2-14-4-7(12-13-14)8(15)11-6-3-10-16-5-6/h3-5H,1-2,9H2,(H,11,15). The maximum Gasteiger partial charge on any atom is 0.277 e. The summed E-state index contributed by atoms with van der Waals surface area (Å²) in [5.41, 5.74) is 6.03. The zero-order valence-corrected chi connectivity index (χ0v) is 8.33. The number of aromatic nitrogens is 4. The van der Waals surface area contributed by atoms with E-state index in [2.05, 4.69) is 25.3 Å². The molecule has 3 N–H and O–H groups in total. The van der Waals surface area contributed by atoms with E-state index < -0.39 is 0 Å². The first kappa shape index (κ1) is 10.3. The lowest BCUT2D eigenvalue weighted by atomic mass is 10.4. The molecule has 1 amide bonds. The van der Waals surface area contributed by atoms with E-state index in [0.29, 0.717) is 18.8 Å². The molecule has 8 heteroatoms. The molecule has 0 aliphatic rings. The molecule has 0 radical (unpaired) electrons. The van der Waals surface area contributed by atoms with Gasteiger partial charge in [0.2, 0.25) is 0 Å². The number of anilines is 1. The Morgan fingerprint density at radius 2 is 2.50 bits per heavy atom. The van der Waals surface area contributed by atoms with Gasteiger partial charge in [0.15, 0.2) is 5.69 Å². The van der Waals surface area contributed by atoms with Crippen LogP contribution in [0.3, 0.4) is 0 Å². The van der Waals surface area contributed by atoms with Crippen LogP contribution in [-0.4, -0.2) is 32.6 Å². The van der Waals surface area contributed by atoms with Gasteiger partial charge in [-0.05, 0) is 0 Å². The molecule has 0 bridgehead atoms. The van der Waals surface area contributed by atoms with Crippen LogP contribution in [0.2, 0.25) is 0 Å². The number of carbonyl (C=O) groups is 1. The van der Waals surface area contributed by atoms with E-state index in [9.17, 15) is 4.79 Å². The summed E-state index contributed by atoms with van der Waals surface area (Å²) in [6, 6.07) is 0. The lowest BCUT2D eigenvalue weighted by molar-refractivity contribution is 0.102. The van der Waals surface area contributed by atoms with Crippen molar-refractivity contribution < 1.29 is 9.32 Å². The van der Waals surface area contributed by atoms with Crippen LogP contribution in [0.15, 0.2) is 23.2 Å². The highest BCUT2D eigenvalue weighted by Gasteiger charge is 2.11. The molecule has 84 valence electrons. The van der Waals surface area contributed by atoms with Gasteiger partial charge < -0.3 is 15.6 Å². The number of rotatable bonds is 4. The minimum atomic E-state index is -0.369. The Morgan fingerprint density at radius 1 is 1.62 bits per heavy atom. The predicted molar refractivity (Wildman–Crippen MR) is 53.5 cm³/mol. The first-order valence-corrected chi connectivity index (χ1v) is 4.60. The molecular weight excluding hydrogens is 212 g/mol. The van der Waals surface area contributed by atoms with Crippen LogP contribution < -0.4 is 11.1 Å². The van der Waals surface area contributed by atoms with Gasteiger partial charge in [-0.15, -0.1) is 5.10 Å². The van der Waals surface area contributed by atoms with Crippen LogP contribution in [0.25, 0.3) is 0 Å². The number of hydrogen-bond acceptors (Lipinski definition) is 6. The number of nitrogens with one attached hydrogen (secondary N) is 1. The van der Waals surface area contributed by atoms with Crippen LogP contribution >= 0.6 is 0 Å². The van der Waals surface area contributed by atoms with Gasteiger partial charge in [0.1, 0.15) is 12.0 Å². The van der Waals surface area contributed by atoms with Crippen LogP contribution in [-0.2, 0) is 6.54 Å². The Labute approximate surface area is 90.4 Å². The van der Waals surface area contributed by atoms with Crippen molar-refractivity contribution in [3.63, 3.8) is 0 Å². The fraction of sp³-hybridized carbons (Fsp3) is 0.250. The molecule has 16 heavy (non-hydrogen) atoms. The number of nitrogens with two attached hydrogens (primary N) is 1. The molecule has 8 nitrogen and oxygen atoms in total. The van der Waals surface area contributed by atoms with E-state index in [4.69, 9.17) is 5.73 Å². The summed E-state index contributed by atoms with van der Waals surface area (Å²) < 4.78 is 6.08. The Balaban J connectivity index is 2.03. The summed E-state index contributed by atoms with van der Waals surface area (Å²) in [4.78, 5) is 11.6. The van der Waals surface area contributed by atoms with Crippen molar-refractivity contribution >= 4 is 11.6 Å². The average molecular weight is 222 g/mol. The second-order valence-corrected chi connectivity index (χ2v) is 3.02. The van der Waals surface area contributed by atoms with Crippen molar-refractivity contribution in [2.24, 2.45) is 5.73 Å². The van der Waals surface area contributed by atoms with Gasteiger partial charge in [-0.3, -0.25) is 9.48 Å². The first-order chi connectivity index (χ1) is 7.79. The Kier molecular flexibility index (Phi) is 2.92. The second kappa shape index (κ2) is 4.53. The smallest absolute Gasteiger partial charge is 0.277 e. The maximum absolute atomic E-state index is 11.6. The Bertz CT molecular complexity index is 463. The number of amides is 1. The van der Waals surface area contributed by atoms with Gasteiger partial charge in [-0.1, -0.05) is 10.4 Å². The summed E-state index contributed by atoms with van der Waals surface area (Å²) >= 11 is 0. The first-order valence-electron chi connectivity index (χ1n) is 4.60. The van der Waals surface area contributed by atoms with E-state index in [1.165, 1.54) is 23.3 Å². The number of nitrogens with zero attached hydrogens (tertiary/aromatic N) is 4. The van der Waals surface area contributed by atoms with Crippen LogP contribution in [0.5, 0.6) is 0 Å². The lowest BCUT2D eigenvalue weighted by Crippen LogP contribution is -2.12. The molecule has 0 unspecified atom stereocenters. The highest BCUT2D eigenvalue weighted by atomic mass is 16.5. The fourth-order valence-corrected chi connectivity index (χ4v) is 1.11. The molecule has 0 spiro atoms. The molecule has 2 aromatic heterocycles. The van der Waals surface area contributed by atoms with Gasteiger partial charge in [-0.2, -0.15) is 0 Å². The second-order valence-electron chi connectivity index (χ2n) is 3.02. The lowest BCUT2D eigenvalue weighted by Gasteiger charge is -1.96. The van der Waals surface area contributed by atoms with Gasteiger partial charge >= 0.3 is 0 Å². The molecule has 0 aliphatic heterocycles. The minimum absolute atomic E-state index is 0.217. The van der Waals surface area contributed by atoms with Gasteiger partial charge in [0, 0.05) is 6.54 Å². The summed E-state index contributed by atoms with van der Waals surface area (Å²) in [5, 5.41) is 13.5. The molecule has 0 saturated heterocycles. The third-order valence-corrected chi connectivity index (χ3v) is 1.82. The topological polar surface area (TPSA) is 112 Å². The zero-order chi connectivity index (χ0) is 11.4. The normalized spacial score (nSPS) is 10.3. The van der Waals surface area contributed by atoms with E-state index in [-0.39, 0.29) is 11.6 Å². The summed E-state index contributed by atoms with van der Waals surface area (Å²) in [5.74, 6) is -0.369. The fourth-order valence-electron chi connectivity index (χ4n) is 1.11. The Morgan fingerprint density at radius 3 is 3.19 bits per heavy atom. The third-order valence-electron chi connectivity index (χ3n) is 1.82. The van der Waals surface area contributed by atoms with Gasteiger partial charge in [-0.25, -0.2) is 0 Å². The molecule has 2 rings (SSSR count). The summed E-state index contributed by atoms with van der Waals surface area (Å²) in [7, 11) is 0. The molecule has 0 saturated carbocycles. The Hall–Kier alpha value is -2.22. The molecule has 0 aliphatic carbocycles. The maximum atomic E-state index is 11.6. The zero-order valence-electron chi connectivity index (χ0n) is 8.33. The van der Waals surface area contributed by atoms with E-state index in [1.807, 2.05) is 0 Å². The monoisotopic (exact) mass is 222 g/mol. The summed E-state index contributed by atoms with van der Waals surface area (Å²) in [6.45, 7) is 0.962. The van der Waals surface area contributed by atoms with Crippen molar-refractivity contribution in [3.8, 4) is 0 Å². The van der Waals surface area contributed by atoms with E-state index >= 15 is 0 Å². The molecule has 2 aromatic rings. The van der Waals surface area contributed by atoms with Crippen molar-refractivity contribution in [2.75, 3.05) is 11.9 Å². The van der Waals surface area contributed by atoms with Gasteiger partial charge in [0.25, 0.3) is 5.91 Å². The molecule has 0 fully saturated rings. The van der Waals surface area contributed by atoms with Crippen LogP contribution in [0.4, 0.5) is 5.69 Å². The number of carbonyl (C=O) groups excluding carboxylic acids is 1. The van der Waals surface area contributed by atoms with Crippen LogP contribution in [0.1, 0.15) is 10.5 Å². The largest absolute Gasteiger partial charge is 0.363 e. The SMILES string of the molecule is NCCn1cc(C(=O)Nc2cnoc2)nn1. The molecule has 2 heterocycles. The van der Waals surface area contributed by atoms with Crippen molar-refractivity contribution in [1.29, 1.82) is 0 Å². The highest BCUT2D eigenvalue weighted by Crippen LogP contribution is 2.05. The molecular formula is C8H10N6O2. The highest BCUT2D eigenvalue weighted by molar-refractivity contribution is 6.02. The molecule has 0 aromatic carbocycles. The van der Waals surface area contributed by atoms with Crippen LogP contribution in [0, 0.1) is 0 Å². The van der Waals surface area contributed by atoms with Crippen molar-refractivity contribution in [2.45, 2.75) is 6.54 Å². The average Bonchev–Trinajstić information content (AvgIpc) is 2.89. The molecule has 0 atom stereocenters. The minimum Gasteiger partial charge on any atom is -0.363 e. The number of hydrogen-bond donors (Lipinski definition) is 2. The van der Waals surface area contributed by atoms with E-state index in [1.54, 1.807) is 0 Å². The summed E-state index contributed by atoms with van der Waals surface area (Å²) in [6.07, 6.45) is 4.24. The van der Waals surface area contributed by atoms with E-state index in [0.717, 1.165) is 0 Å². The quantitative estimate of drug-likeness (QED) is 0.719. The third kappa shape index (κ3) is 2.23. The van der Waals surface area contributed by atoms with Gasteiger partial charge in [0.05, 0.1) is 18.9 Å². The van der Waals surface area contributed by atoms with Crippen molar-refractivity contribution in [3.05, 3.63) is 24.4 Å².